The van der Waals surface area contributed by atoms with Gasteiger partial charge in [-0.05, 0) is 69.7 Å². The van der Waals surface area contributed by atoms with Crippen LogP contribution in [-0.4, -0.2) is 55.5 Å². The van der Waals surface area contributed by atoms with Crippen molar-refractivity contribution in [1.82, 2.24) is 4.57 Å². The molecule has 0 radical (unpaired) electrons. The average molecular weight is 608 g/mol. The van der Waals surface area contributed by atoms with Crippen molar-refractivity contribution in [2.75, 3.05) is 30.0 Å². The van der Waals surface area contributed by atoms with E-state index in [2.05, 4.69) is 17.2 Å². The average Bonchev–Trinajstić information content (AvgIpc) is 3.39. The molecular formula is C27H33N3O7S3. The molecule has 0 aliphatic heterocycles. The second kappa shape index (κ2) is 12.6. The van der Waals surface area contributed by atoms with Crippen molar-refractivity contribution < 1.29 is 32.3 Å². The van der Waals surface area contributed by atoms with Crippen molar-refractivity contribution in [1.29, 1.82) is 0 Å². The third kappa shape index (κ3) is 6.81. The maximum absolute atomic E-state index is 12.8. The number of aryl methyl sites for hydroxylation is 1. The van der Waals surface area contributed by atoms with Gasteiger partial charge in [-0.15, -0.1) is 11.3 Å². The maximum atomic E-state index is 12.8. The molecule has 0 saturated carbocycles. The number of benzene rings is 1. The third-order valence-electron chi connectivity index (χ3n) is 6.44. The van der Waals surface area contributed by atoms with Crippen LogP contribution in [0.5, 0.6) is 5.75 Å². The third-order valence-corrected chi connectivity index (χ3v) is 10.0. The zero-order chi connectivity index (χ0) is 29.0. The van der Waals surface area contributed by atoms with Crippen LogP contribution in [0.4, 0.5) is 5.00 Å². The predicted molar refractivity (Wildman–Crippen MR) is 156 cm³/mol. The fraction of sp³-hybridized carbons (Fsp3) is 0.481. The number of carbonyl (C=O) groups is 3. The summed E-state index contributed by atoms with van der Waals surface area (Å²) in [5.74, 6) is -2.91. The second-order valence-corrected chi connectivity index (χ2v) is 13.7. The number of thiazole rings is 1. The van der Waals surface area contributed by atoms with Gasteiger partial charge in [-0.2, -0.15) is 4.99 Å². The first-order valence-corrected chi connectivity index (χ1v) is 16.7. The molecule has 1 aliphatic carbocycles. The molecule has 1 aromatic carbocycles. The lowest BCUT2D eigenvalue weighted by Gasteiger charge is -2.18. The van der Waals surface area contributed by atoms with Crippen molar-refractivity contribution in [2.24, 2.45) is 10.9 Å². The summed E-state index contributed by atoms with van der Waals surface area (Å²) in [4.78, 5) is 43.6. The summed E-state index contributed by atoms with van der Waals surface area (Å²) in [5.41, 5.74) is 2.01. The van der Waals surface area contributed by atoms with Crippen LogP contribution in [-0.2, 0) is 43.5 Å². The molecule has 0 bridgehead atoms. The number of nitrogens with one attached hydrogen (secondary N) is 1. The molecule has 3 aromatic rings. The summed E-state index contributed by atoms with van der Waals surface area (Å²) >= 11 is 2.54. The Morgan fingerprint density at radius 3 is 2.60 bits per heavy atom. The standard InChI is InChI=1S/C27H33N3O7S3/c1-5-30-19-11-9-17(36-6-2)13-21(19)39-27(30)29-23(32)15-40(34,35)14-22(31)28-25-24(26(33)37-7-3)18-10-8-16(4)12-20(18)38-25/h9,11,13,16H,5-8,10,12,14-15H2,1-4H3,(H,28,31). The SMILES string of the molecule is CCOC(=O)c1c(NC(=O)CS(=O)(=O)CC(=O)N=c2sc3cc(OCC)ccc3n2CC)sc2c1CCC(C)C2. The fourth-order valence-corrected chi connectivity index (χ4v) is 8.27. The van der Waals surface area contributed by atoms with Gasteiger partial charge in [0.05, 0.1) is 29.0 Å². The number of aromatic nitrogens is 1. The minimum Gasteiger partial charge on any atom is -0.494 e. The van der Waals surface area contributed by atoms with Crippen LogP contribution < -0.4 is 14.9 Å². The lowest BCUT2D eigenvalue weighted by Crippen LogP contribution is -2.28. The molecule has 2 heterocycles. The number of ether oxygens (including phenoxy) is 2. The lowest BCUT2D eigenvalue weighted by atomic mass is 9.88. The number of fused-ring (bicyclic) bond motifs is 2. The van der Waals surface area contributed by atoms with Gasteiger partial charge in [0.15, 0.2) is 14.6 Å². The van der Waals surface area contributed by atoms with Crippen LogP contribution >= 0.6 is 22.7 Å². The Morgan fingerprint density at radius 2 is 1.90 bits per heavy atom. The Bertz CT molecular complexity index is 1620. The highest BCUT2D eigenvalue weighted by Crippen LogP contribution is 2.40. The molecule has 0 fully saturated rings. The summed E-state index contributed by atoms with van der Waals surface area (Å²) in [6.45, 7) is 8.84. The Kier molecular flexibility index (Phi) is 9.47. The minimum atomic E-state index is -4.13. The van der Waals surface area contributed by atoms with Gasteiger partial charge < -0.3 is 19.4 Å². The molecule has 0 spiro atoms. The second-order valence-electron chi connectivity index (χ2n) is 9.55. The summed E-state index contributed by atoms with van der Waals surface area (Å²) in [6, 6.07) is 5.56. The van der Waals surface area contributed by atoms with Gasteiger partial charge >= 0.3 is 5.97 Å². The van der Waals surface area contributed by atoms with Crippen LogP contribution in [0, 0.1) is 5.92 Å². The number of anilines is 1. The number of carbonyl (C=O) groups excluding carboxylic acids is 3. The van der Waals surface area contributed by atoms with E-state index in [4.69, 9.17) is 9.47 Å². The monoisotopic (exact) mass is 607 g/mol. The van der Waals surface area contributed by atoms with E-state index in [0.29, 0.717) is 41.6 Å². The number of sulfone groups is 1. The number of hydrogen-bond donors (Lipinski definition) is 1. The molecule has 2 aromatic heterocycles. The first-order valence-electron chi connectivity index (χ1n) is 13.2. The fourth-order valence-electron chi connectivity index (χ4n) is 4.70. The van der Waals surface area contributed by atoms with E-state index in [1.807, 2.05) is 36.6 Å². The Balaban J connectivity index is 1.50. The molecule has 4 rings (SSSR count). The van der Waals surface area contributed by atoms with E-state index in [0.717, 1.165) is 33.5 Å². The van der Waals surface area contributed by atoms with Crippen molar-refractivity contribution in [3.8, 4) is 5.75 Å². The molecule has 1 aliphatic rings. The van der Waals surface area contributed by atoms with E-state index < -0.39 is 39.1 Å². The van der Waals surface area contributed by atoms with E-state index in [9.17, 15) is 22.8 Å². The molecule has 1 atom stereocenters. The molecule has 216 valence electrons. The van der Waals surface area contributed by atoms with Crippen LogP contribution in [0.15, 0.2) is 23.2 Å². The lowest BCUT2D eigenvalue weighted by molar-refractivity contribution is -0.115. The van der Waals surface area contributed by atoms with Gasteiger partial charge in [-0.25, -0.2) is 13.2 Å². The van der Waals surface area contributed by atoms with Gasteiger partial charge in [-0.3, -0.25) is 9.59 Å². The van der Waals surface area contributed by atoms with Gasteiger partial charge in [0.1, 0.15) is 22.3 Å². The summed E-state index contributed by atoms with van der Waals surface area (Å²) in [5, 5.41) is 2.88. The van der Waals surface area contributed by atoms with Crippen LogP contribution in [0.2, 0.25) is 0 Å². The van der Waals surface area contributed by atoms with Crippen molar-refractivity contribution in [3.05, 3.63) is 39.0 Å². The summed E-state index contributed by atoms with van der Waals surface area (Å²) in [6.07, 6.45) is 2.38. The number of hydrogen-bond acceptors (Lipinski definition) is 9. The Hall–Kier alpha value is -3.03. The first-order chi connectivity index (χ1) is 19.0. The van der Waals surface area contributed by atoms with Crippen LogP contribution in [0.25, 0.3) is 10.2 Å². The minimum absolute atomic E-state index is 0.179. The maximum Gasteiger partial charge on any atom is 0.341 e. The molecule has 1 N–H and O–H groups in total. The predicted octanol–water partition coefficient (Wildman–Crippen LogP) is 3.97. The molecule has 2 amide bonds. The van der Waals surface area contributed by atoms with Crippen molar-refractivity contribution in [3.63, 3.8) is 0 Å². The van der Waals surface area contributed by atoms with Crippen LogP contribution in [0.1, 0.15) is 54.9 Å². The summed E-state index contributed by atoms with van der Waals surface area (Å²) < 4.78 is 39.0. The highest BCUT2D eigenvalue weighted by Gasteiger charge is 2.30. The topological polar surface area (TPSA) is 133 Å². The highest BCUT2D eigenvalue weighted by atomic mass is 32.2. The van der Waals surface area contributed by atoms with Gasteiger partial charge in [0, 0.05) is 11.4 Å². The summed E-state index contributed by atoms with van der Waals surface area (Å²) in [7, 11) is -4.13. The number of amides is 2. The van der Waals surface area contributed by atoms with Gasteiger partial charge in [0.25, 0.3) is 5.91 Å². The molecule has 1 unspecified atom stereocenters. The Morgan fingerprint density at radius 1 is 1.12 bits per heavy atom. The van der Waals surface area contributed by atoms with E-state index in [1.54, 1.807) is 6.92 Å². The number of thiophene rings is 1. The van der Waals surface area contributed by atoms with E-state index in [1.165, 1.54) is 22.7 Å². The van der Waals surface area contributed by atoms with Gasteiger partial charge in [0.2, 0.25) is 5.91 Å². The zero-order valence-electron chi connectivity index (χ0n) is 22.9. The number of rotatable bonds is 10. The zero-order valence-corrected chi connectivity index (χ0v) is 25.4. The molecule has 10 nitrogen and oxygen atoms in total. The van der Waals surface area contributed by atoms with E-state index in [-0.39, 0.29) is 11.6 Å². The molecule has 13 heteroatoms. The van der Waals surface area contributed by atoms with Crippen LogP contribution in [0.3, 0.4) is 0 Å². The number of esters is 1. The smallest absolute Gasteiger partial charge is 0.341 e. The highest BCUT2D eigenvalue weighted by molar-refractivity contribution is 7.92. The van der Waals surface area contributed by atoms with Crippen molar-refractivity contribution >= 4 is 65.5 Å². The molecule has 0 saturated heterocycles. The van der Waals surface area contributed by atoms with E-state index >= 15 is 0 Å². The quantitative estimate of drug-likeness (QED) is 0.345. The first kappa shape index (κ1) is 29.9. The normalized spacial score (nSPS) is 15.6. The largest absolute Gasteiger partial charge is 0.494 e. The molecular weight excluding hydrogens is 575 g/mol. The van der Waals surface area contributed by atoms with Crippen molar-refractivity contribution in [2.45, 2.75) is 53.5 Å². The van der Waals surface area contributed by atoms with Gasteiger partial charge in [-0.1, -0.05) is 18.3 Å². The Labute approximate surface area is 240 Å². The molecule has 40 heavy (non-hydrogen) atoms. The number of nitrogens with zero attached hydrogens (tertiary/aromatic N) is 2.